The second-order valence-electron chi connectivity index (χ2n) is 9.76. The molecule has 0 heterocycles. The minimum absolute atomic E-state index is 0.0102. The van der Waals surface area contributed by atoms with Crippen molar-refractivity contribution in [3.05, 3.63) is 29.8 Å². The number of benzene rings is 1. The van der Waals surface area contributed by atoms with Gasteiger partial charge < -0.3 is 15.2 Å². The molecular weight excluding hydrogens is 559 g/mol. The fraction of sp³-hybridized carbons (Fsp3) is 0.759. The summed E-state index contributed by atoms with van der Waals surface area (Å²) in [6.07, 6.45) is 9.55. The average molecular weight is 613 g/mol. The molecule has 0 unspecified atom stereocenters. The second-order valence-corrected chi connectivity index (χ2v) is 23.0. The molecule has 0 saturated heterocycles. The van der Waals surface area contributed by atoms with Gasteiger partial charge in [0.15, 0.2) is 0 Å². The summed E-state index contributed by atoms with van der Waals surface area (Å²) in [6.45, 7) is 11.8. The number of hydrogen-bond acceptors (Lipinski definition) is 5. The summed E-state index contributed by atoms with van der Waals surface area (Å²) < 4.78 is 22.4. The zero-order valence-corrected chi connectivity index (χ0v) is 26.3. The van der Waals surface area contributed by atoms with Crippen LogP contribution in [0.25, 0.3) is 0 Å². The van der Waals surface area contributed by atoms with Crippen molar-refractivity contribution in [3.8, 4) is 0 Å². The molecule has 7 heteroatoms. The predicted octanol–water partition coefficient (Wildman–Crippen LogP) is 5.26. The molecule has 3 N–H and O–H groups in total. The van der Waals surface area contributed by atoms with E-state index in [0.29, 0.717) is 52.7 Å². The van der Waals surface area contributed by atoms with Gasteiger partial charge in [0.05, 0.1) is 13.2 Å². The van der Waals surface area contributed by atoms with Crippen LogP contribution in [0.5, 0.6) is 0 Å². The minimum atomic E-state index is -2.43. The van der Waals surface area contributed by atoms with Crippen LogP contribution in [0.4, 0.5) is 0 Å². The molecule has 1 aromatic carbocycles. The van der Waals surface area contributed by atoms with E-state index in [2.05, 4.69) is 50.4 Å². The number of nitrogens with one attached hydrogen (secondary N) is 1. The zero-order chi connectivity index (χ0) is 26.3. The molecule has 0 spiro atoms. The number of carbonyl (C=O) groups is 1. The monoisotopic (exact) mass is 614 g/mol. The Morgan fingerprint density at radius 1 is 0.722 bits per heavy atom. The number of ether oxygens (including phenoxy) is 3. The Kier molecular flexibility index (Phi) is 20.7. The Labute approximate surface area is 225 Å². The summed E-state index contributed by atoms with van der Waals surface area (Å²) in [5.41, 5.74) is 6.18. The molecule has 1 aromatic rings. The number of carbonyl (C=O) groups excluding carboxylic acids is 1. The molecule has 0 radical (unpaired) electrons. The van der Waals surface area contributed by atoms with Crippen LogP contribution in [0.2, 0.25) is 13.3 Å². The molecule has 0 aliphatic rings. The van der Waals surface area contributed by atoms with Crippen molar-refractivity contribution in [1.82, 2.24) is 5.32 Å². The van der Waals surface area contributed by atoms with Crippen LogP contribution in [-0.4, -0.2) is 77.0 Å². The van der Waals surface area contributed by atoms with E-state index in [4.69, 9.17) is 19.9 Å². The van der Waals surface area contributed by atoms with Gasteiger partial charge in [-0.15, -0.1) is 0 Å². The zero-order valence-electron chi connectivity index (χ0n) is 23.5. The van der Waals surface area contributed by atoms with Gasteiger partial charge in [0.25, 0.3) is 0 Å². The first-order valence-corrected chi connectivity index (χ1v) is 21.9. The molecule has 0 aliphatic carbocycles. The predicted molar refractivity (Wildman–Crippen MR) is 154 cm³/mol. The average Bonchev–Trinajstić information content (AvgIpc) is 2.91. The van der Waals surface area contributed by atoms with Gasteiger partial charge in [-0.25, -0.2) is 0 Å². The van der Waals surface area contributed by atoms with E-state index in [9.17, 15) is 4.79 Å². The molecule has 1 rings (SSSR count). The first-order chi connectivity index (χ1) is 17.6. The van der Waals surface area contributed by atoms with Crippen LogP contribution in [0.3, 0.4) is 0 Å². The van der Waals surface area contributed by atoms with Gasteiger partial charge in [-0.2, -0.15) is 0 Å². The van der Waals surface area contributed by atoms with E-state index in [1.165, 1.54) is 51.8 Å². The molecule has 0 atom stereocenters. The Hall–Kier alpha value is -0.671. The summed E-state index contributed by atoms with van der Waals surface area (Å²) in [5, 5.41) is 3.04. The number of hydrogen-bond donors (Lipinski definition) is 2. The quantitative estimate of drug-likeness (QED) is 0.123. The molecular formula is C29H54N2O4Sn. The van der Waals surface area contributed by atoms with Crippen LogP contribution in [0, 0.1) is 0 Å². The van der Waals surface area contributed by atoms with Gasteiger partial charge >= 0.3 is 178 Å². The van der Waals surface area contributed by atoms with Gasteiger partial charge in [0.2, 0.25) is 0 Å². The van der Waals surface area contributed by atoms with E-state index in [1.807, 2.05) is 0 Å². The van der Waals surface area contributed by atoms with Gasteiger partial charge in [0.1, 0.15) is 0 Å². The summed E-state index contributed by atoms with van der Waals surface area (Å²) in [7, 11) is 0. The third-order valence-electron chi connectivity index (χ3n) is 6.77. The van der Waals surface area contributed by atoms with Crippen LogP contribution in [0.15, 0.2) is 24.3 Å². The van der Waals surface area contributed by atoms with Crippen molar-refractivity contribution < 1.29 is 19.0 Å². The van der Waals surface area contributed by atoms with Crippen LogP contribution < -0.4 is 14.6 Å². The number of nitrogens with two attached hydrogens (primary N) is 1. The van der Waals surface area contributed by atoms with Crippen molar-refractivity contribution in [1.29, 1.82) is 0 Å². The van der Waals surface area contributed by atoms with E-state index >= 15 is 0 Å². The number of amides is 1. The van der Waals surface area contributed by atoms with Crippen molar-refractivity contribution in [2.45, 2.75) is 85.4 Å². The standard InChI is InChI=1S/C17H27N2O4.3C4H9.Sn/c18-8-4-10-21-12-14-23-15-13-22-11-5-9-19-17(20)16-6-2-1-3-7-16;3*1-3-4-2;/h2-3,6-7H,4-5,8-15,18H2,(H,19,20);3*1,3-4H2,2H3;. The molecule has 0 fully saturated rings. The number of unbranched alkanes of at least 4 members (excludes halogenated alkanes) is 3. The Morgan fingerprint density at radius 3 is 1.67 bits per heavy atom. The Bertz CT molecular complexity index is 635. The van der Waals surface area contributed by atoms with Crippen LogP contribution >= 0.6 is 0 Å². The SMILES string of the molecule is CCC[CH2][Sn]([CH2]CCC)([CH2]CCC)[c]1ccc(C(=O)NCCCOCCOCCOCCCN)cc1. The van der Waals surface area contributed by atoms with Gasteiger partial charge in [-0.1, -0.05) is 0 Å². The normalized spacial score (nSPS) is 11.7. The van der Waals surface area contributed by atoms with E-state index in [1.54, 1.807) is 3.58 Å². The maximum atomic E-state index is 12.6. The van der Waals surface area contributed by atoms with Crippen molar-refractivity contribution in [2.75, 3.05) is 52.7 Å². The first kappa shape index (κ1) is 33.4. The maximum absolute atomic E-state index is 12.6. The summed E-state index contributed by atoms with van der Waals surface area (Å²) >= 11 is -2.43. The van der Waals surface area contributed by atoms with Crippen LogP contribution in [0.1, 0.15) is 82.5 Å². The topological polar surface area (TPSA) is 82.8 Å². The fourth-order valence-corrected chi connectivity index (χ4v) is 20.5. The molecule has 0 bridgehead atoms. The summed E-state index contributed by atoms with van der Waals surface area (Å²) in [4.78, 5) is 12.6. The van der Waals surface area contributed by atoms with E-state index in [0.717, 1.165) is 18.4 Å². The second kappa shape index (κ2) is 22.3. The molecule has 0 saturated carbocycles. The third kappa shape index (κ3) is 14.3. The summed E-state index contributed by atoms with van der Waals surface area (Å²) in [5.74, 6) is 0.0102. The first-order valence-electron chi connectivity index (χ1n) is 14.5. The van der Waals surface area contributed by atoms with Crippen LogP contribution in [-0.2, 0) is 14.2 Å². The van der Waals surface area contributed by atoms with Gasteiger partial charge in [0, 0.05) is 6.61 Å². The molecule has 6 nitrogen and oxygen atoms in total. The van der Waals surface area contributed by atoms with E-state index in [-0.39, 0.29) is 5.91 Å². The van der Waals surface area contributed by atoms with Gasteiger partial charge in [-0.05, 0) is 13.0 Å². The molecule has 0 aliphatic heterocycles. The third-order valence-corrected chi connectivity index (χ3v) is 22.4. The Balaban J connectivity index is 2.39. The fourth-order valence-electron chi connectivity index (χ4n) is 4.53. The van der Waals surface area contributed by atoms with E-state index < -0.39 is 18.4 Å². The van der Waals surface area contributed by atoms with Crippen molar-refractivity contribution in [3.63, 3.8) is 0 Å². The molecule has 1 amide bonds. The summed E-state index contributed by atoms with van der Waals surface area (Å²) in [6, 6.07) is 8.73. The van der Waals surface area contributed by atoms with Gasteiger partial charge in [-0.3, -0.25) is 0 Å². The van der Waals surface area contributed by atoms with Crippen molar-refractivity contribution in [2.24, 2.45) is 5.73 Å². The molecule has 208 valence electrons. The number of rotatable bonds is 24. The van der Waals surface area contributed by atoms with Crippen molar-refractivity contribution >= 4 is 27.9 Å². The molecule has 0 aromatic heterocycles. The Morgan fingerprint density at radius 2 is 1.19 bits per heavy atom. The molecule has 36 heavy (non-hydrogen) atoms.